The molecule has 116 valence electrons. The van der Waals surface area contributed by atoms with Gasteiger partial charge in [0.05, 0.1) is 22.9 Å². The zero-order valence-electron chi connectivity index (χ0n) is 11.9. The standard InChI is InChI=1S/C14H10FN5O2S/c1-23-14-16-5-4-12(18-14)9-7-17-19(8-9)13-3-2-10(20(21)22)6-11(13)15/h2-8H,1H3. The molecule has 0 aliphatic carbocycles. The van der Waals surface area contributed by atoms with E-state index in [4.69, 9.17) is 0 Å². The van der Waals surface area contributed by atoms with Gasteiger partial charge in [0.1, 0.15) is 5.69 Å². The van der Waals surface area contributed by atoms with Crippen LogP contribution in [-0.2, 0) is 0 Å². The van der Waals surface area contributed by atoms with Crippen LogP contribution in [0.2, 0.25) is 0 Å². The van der Waals surface area contributed by atoms with Gasteiger partial charge in [-0.1, -0.05) is 11.8 Å². The third-order valence-corrected chi connectivity index (χ3v) is 3.65. The molecule has 3 rings (SSSR count). The lowest BCUT2D eigenvalue weighted by molar-refractivity contribution is -0.385. The fourth-order valence-electron chi connectivity index (χ4n) is 1.98. The molecule has 0 amide bonds. The molecule has 3 aromatic rings. The van der Waals surface area contributed by atoms with Crippen LogP contribution in [0.4, 0.5) is 10.1 Å². The number of hydrogen-bond acceptors (Lipinski definition) is 6. The summed E-state index contributed by atoms with van der Waals surface area (Å²) in [4.78, 5) is 18.4. The summed E-state index contributed by atoms with van der Waals surface area (Å²) in [6, 6.07) is 5.15. The Labute approximate surface area is 134 Å². The molecule has 0 atom stereocenters. The first-order chi connectivity index (χ1) is 11.1. The number of benzene rings is 1. The molecule has 23 heavy (non-hydrogen) atoms. The largest absolute Gasteiger partial charge is 0.272 e. The number of thioether (sulfide) groups is 1. The summed E-state index contributed by atoms with van der Waals surface area (Å²) in [6.07, 6.45) is 6.66. The molecule has 0 N–H and O–H groups in total. The van der Waals surface area contributed by atoms with Gasteiger partial charge in [-0.2, -0.15) is 5.10 Å². The minimum Gasteiger partial charge on any atom is -0.258 e. The topological polar surface area (TPSA) is 86.7 Å². The Morgan fingerprint density at radius 1 is 1.35 bits per heavy atom. The molecule has 7 nitrogen and oxygen atoms in total. The highest BCUT2D eigenvalue weighted by molar-refractivity contribution is 7.98. The van der Waals surface area contributed by atoms with E-state index in [1.165, 1.54) is 28.6 Å². The van der Waals surface area contributed by atoms with Crippen LogP contribution in [-0.4, -0.2) is 30.9 Å². The number of non-ortho nitro benzene ring substituents is 1. The van der Waals surface area contributed by atoms with Gasteiger partial charge in [0.15, 0.2) is 11.0 Å². The Hall–Kier alpha value is -2.81. The molecular formula is C14H10FN5O2S. The first-order valence-corrected chi connectivity index (χ1v) is 7.67. The van der Waals surface area contributed by atoms with Crippen molar-refractivity contribution in [3.63, 3.8) is 0 Å². The normalized spacial score (nSPS) is 10.7. The van der Waals surface area contributed by atoms with E-state index in [9.17, 15) is 14.5 Å². The van der Waals surface area contributed by atoms with Crippen molar-refractivity contribution in [2.75, 3.05) is 6.26 Å². The van der Waals surface area contributed by atoms with Crippen LogP contribution in [0.3, 0.4) is 0 Å². The van der Waals surface area contributed by atoms with E-state index in [-0.39, 0.29) is 11.4 Å². The van der Waals surface area contributed by atoms with Gasteiger partial charge in [-0.3, -0.25) is 10.1 Å². The average Bonchev–Trinajstić information content (AvgIpc) is 3.04. The van der Waals surface area contributed by atoms with Crippen molar-refractivity contribution in [3.8, 4) is 16.9 Å². The number of nitro groups is 1. The Morgan fingerprint density at radius 2 is 2.17 bits per heavy atom. The molecule has 0 saturated carbocycles. The molecule has 0 aliphatic rings. The van der Waals surface area contributed by atoms with Crippen LogP contribution in [0.25, 0.3) is 16.9 Å². The van der Waals surface area contributed by atoms with E-state index >= 15 is 0 Å². The van der Waals surface area contributed by atoms with Crippen LogP contribution in [0.5, 0.6) is 0 Å². The third-order valence-electron chi connectivity index (χ3n) is 3.08. The molecule has 9 heteroatoms. The van der Waals surface area contributed by atoms with Gasteiger partial charge in [-0.15, -0.1) is 0 Å². The molecule has 2 aromatic heterocycles. The molecule has 2 heterocycles. The fraction of sp³-hybridized carbons (Fsp3) is 0.0714. The van der Waals surface area contributed by atoms with Crippen molar-refractivity contribution in [2.24, 2.45) is 0 Å². The second kappa shape index (κ2) is 6.13. The molecule has 1 aromatic carbocycles. The van der Waals surface area contributed by atoms with Crippen LogP contribution in [0, 0.1) is 15.9 Å². The van der Waals surface area contributed by atoms with Gasteiger partial charge >= 0.3 is 0 Å². The quantitative estimate of drug-likeness (QED) is 0.316. The van der Waals surface area contributed by atoms with Crippen LogP contribution in [0.15, 0.2) is 48.0 Å². The first-order valence-electron chi connectivity index (χ1n) is 6.45. The van der Waals surface area contributed by atoms with Crippen LogP contribution >= 0.6 is 11.8 Å². The lowest BCUT2D eigenvalue weighted by Crippen LogP contribution is -1.99. The Kier molecular flexibility index (Phi) is 4.02. The molecule has 0 radical (unpaired) electrons. The summed E-state index contributed by atoms with van der Waals surface area (Å²) < 4.78 is 15.3. The van der Waals surface area contributed by atoms with Crippen LogP contribution in [0.1, 0.15) is 0 Å². The number of nitrogens with zero attached hydrogens (tertiary/aromatic N) is 5. The lowest BCUT2D eigenvalue weighted by Gasteiger charge is -2.02. The monoisotopic (exact) mass is 331 g/mol. The maximum atomic E-state index is 14.0. The molecule has 0 aliphatic heterocycles. The predicted octanol–water partition coefficient (Wildman–Crippen LogP) is 3.10. The molecule has 0 unspecified atom stereocenters. The minimum absolute atomic E-state index is 0.126. The van der Waals surface area contributed by atoms with Crippen molar-refractivity contribution >= 4 is 17.4 Å². The smallest absolute Gasteiger partial charge is 0.258 e. The summed E-state index contributed by atoms with van der Waals surface area (Å²) >= 11 is 1.41. The molecule has 0 spiro atoms. The van der Waals surface area contributed by atoms with Crippen LogP contribution < -0.4 is 0 Å². The maximum absolute atomic E-state index is 14.0. The fourth-order valence-corrected chi connectivity index (χ4v) is 2.34. The third kappa shape index (κ3) is 3.04. The first kappa shape index (κ1) is 15.1. The van der Waals surface area contributed by atoms with Gasteiger partial charge < -0.3 is 0 Å². The lowest BCUT2D eigenvalue weighted by atomic mass is 10.2. The Morgan fingerprint density at radius 3 is 2.87 bits per heavy atom. The van der Waals surface area contributed by atoms with Crippen molar-refractivity contribution in [1.29, 1.82) is 0 Å². The van der Waals surface area contributed by atoms with Gasteiger partial charge in [0, 0.05) is 24.0 Å². The Bertz CT molecular complexity index is 883. The van der Waals surface area contributed by atoms with E-state index in [2.05, 4.69) is 15.1 Å². The number of hydrogen-bond donors (Lipinski definition) is 0. The van der Waals surface area contributed by atoms with E-state index < -0.39 is 10.7 Å². The zero-order chi connectivity index (χ0) is 16.4. The summed E-state index contributed by atoms with van der Waals surface area (Å²) in [5, 5.41) is 15.4. The molecule has 0 saturated heterocycles. The van der Waals surface area contributed by atoms with E-state index in [1.54, 1.807) is 24.7 Å². The van der Waals surface area contributed by atoms with Gasteiger partial charge in [0.2, 0.25) is 0 Å². The van der Waals surface area contributed by atoms with Crippen molar-refractivity contribution < 1.29 is 9.31 Å². The van der Waals surface area contributed by atoms with E-state index in [1.807, 2.05) is 6.26 Å². The predicted molar refractivity (Wildman–Crippen MR) is 83.0 cm³/mol. The zero-order valence-corrected chi connectivity index (χ0v) is 12.7. The van der Waals surface area contributed by atoms with Gasteiger partial charge in [-0.25, -0.2) is 19.0 Å². The van der Waals surface area contributed by atoms with Crippen molar-refractivity contribution in [2.45, 2.75) is 5.16 Å². The number of nitro benzene ring substituents is 1. The van der Waals surface area contributed by atoms with Gasteiger partial charge in [0.25, 0.3) is 5.69 Å². The average molecular weight is 331 g/mol. The molecular weight excluding hydrogens is 321 g/mol. The molecule has 0 fully saturated rings. The highest BCUT2D eigenvalue weighted by Gasteiger charge is 2.13. The van der Waals surface area contributed by atoms with Gasteiger partial charge in [-0.05, 0) is 18.4 Å². The summed E-state index contributed by atoms with van der Waals surface area (Å²) in [6.45, 7) is 0. The van der Waals surface area contributed by atoms with E-state index in [0.29, 0.717) is 16.4 Å². The second-order valence-electron chi connectivity index (χ2n) is 4.49. The van der Waals surface area contributed by atoms with Crippen molar-refractivity contribution in [1.82, 2.24) is 19.7 Å². The second-order valence-corrected chi connectivity index (χ2v) is 5.27. The maximum Gasteiger partial charge on any atom is 0.272 e. The van der Waals surface area contributed by atoms with E-state index in [0.717, 1.165) is 6.07 Å². The number of halogens is 1. The van der Waals surface area contributed by atoms with Crippen molar-refractivity contribution in [3.05, 3.63) is 58.8 Å². The summed E-state index contributed by atoms with van der Waals surface area (Å²) in [7, 11) is 0. The minimum atomic E-state index is -0.721. The Balaban J connectivity index is 1.97. The summed E-state index contributed by atoms with van der Waals surface area (Å²) in [5.74, 6) is -0.721. The highest BCUT2D eigenvalue weighted by atomic mass is 32.2. The number of aromatic nitrogens is 4. The summed E-state index contributed by atoms with van der Waals surface area (Å²) in [5.41, 5.74) is 1.18. The SMILES string of the molecule is CSc1nccc(-c2cnn(-c3ccc([N+](=O)[O-])cc3F)c2)n1. The highest BCUT2D eigenvalue weighted by Crippen LogP contribution is 2.23. The molecule has 0 bridgehead atoms. The number of rotatable bonds is 4.